The minimum absolute atomic E-state index is 1.03. The summed E-state index contributed by atoms with van der Waals surface area (Å²) in [7, 11) is 0. The molecule has 1 aromatic heterocycles. The van der Waals surface area contributed by atoms with Crippen LogP contribution in [0.1, 0.15) is 36.9 Å². The van der Waals surface area contributed by atoms with E-state index in [2.05, 4.69) is 20.2 Å². The molecule has 0 amide bonds. The molecule has 1 aromatic rings. The highest BCUT2D eigenvalue weighted by molar-refractivity contribution is 5.47. The van der Waals surface area contributed by atoms with Crippen molar-refractivity contribution in [1.82, 2.24) is 14.9 Å². The molecule has 2 heterocycles. The van der Waals surface area contributed by atoms with Crippen molar-refractivity contribution in [2.75, 3.05) is 31.5 Å². The van der Waals surface area contributed by atoms with Gasteiger partial charge in [0.1, 0.15) is 12.1 Å². The second-order valence-electron chi connectivity index (χ2n) is 5.33. The molecule has 18 heavy (non-hydrogen) atoms. The highest BCUT2D eigenvalue weighted by atomic mass is 15.1. The first kappa shape index (κ1) is 11.9. The van der Waals surface area contributed by atoms with Gasteiger partial charge in [-0.1, -0.05) is 0 Å². The number of likely N-dealkylation sites (tertiary alicyclic amines) is 1. The molecule has 1 N–H and O–H groups in total. The van der Waals surface area contributed by atoms with Crippen LogP contribution in [0.15, 0.2) is 6.33 Å². The van der Waals surface area contributed by atoms with E-state index in [1.54, 1.807) is 6.33 Å². The zero-order chi connectivity index (χ0) is 12.2. The Morgan fingerprint density at radius 3 is 2.89 bits per heavy atom. The van der Waals surface area contributed by atoms with Gasteiger partial charge in [0.15, 0.2) is 0 Å². The summed E-state index contributed by atoms with van der Waals surface area (Å²) in [5.74, 6) is 1.08. The molecule has 4 nitrogen and oxygen atoms in total. The molecular formula is C14H22N4. The standard InChI is InChI=1S/C14H22N4/c1-2-9-18(8-1)10-4-7-15-14-12-5-3-6-13(12)16-11-17-14/h11H,1-10H2,(H,15,16,17). The minimum Gasteiger partial charge on any atom is -0.370 e. The van der Waals surface area contributed by atoms with Crippen LogP contribution in [0.5, 0.6) is 0 Å². The van der Waals surface area contributed by atoms with Crippen molar-refractivity contribution < 1.29 is 0 Å². The first-order valence-corrected chi connectivity index (χ1v) is 7.22. The van der Waals surface area contributed by atoms with Crippen molar-refractivity contribution in [2.45, 2.75) is 38.5 Å². The minimum atomic E-state index is 1.03. The van der Waals surface area contributed by atoms with Crippen LogP contribution in [0.3, 0.4) is 0 Å². The Balaban J connectivity index is 1.47. The van der Waals surface area contributed by atoms with Crippen LogP contribution in [0, 0.1) is 0 Å². The summed E-state index contributed by atoms with van der Waals surface area (Å²) >= 11 is 0. The van der Waals surface area contributed by atoms with Crippen LogP contribution in [-0.2, 0) is 12.8 Å². The Morgan fingerprint density at radius 2 is 2.00 bits per heavy atom. The number of hydrogen-bond donors (Lipinski definition) is 1. The largest absolute Gasteiger partial charge is 0.370 e. The molecule has 2 aliphatic rings. The zero-order valence-corrected chi connectivity index (χ0v) is 11.0. The van der Waals surface area contributed by atoms with Gasteiger partial charge in [-0.05, 0) is 58.2 Å². The maximum Gasteiger partial charge on any atom is 0.132 e. The third-order valence-electron chi connectivity index (χ3n) is 4.02. The molecular weight excluding hydrogens is 224 g/mol. The lowest BCUT2D eigenvalue weighted by molar-refractivity contribution is 0.337. The molecule has 98 valence electrons. The second-order valence-corrected chi connectivity index (χ2v) is 5.33. The molecule has 0 unspecified atom stereocenters. The molecule has 1 aliphatic carbocycles. The Bertz CT molecular complexity index is 399. The molecule has 1 aliphatic heterocycles. The predicted octanol–water partition coefficient (Wildman–Crippen LogP) is 1.86. The van der Waals surface area contributed by atoms with Crippen LogP contribution >= 0.6 is 0 Å². The molecule has 0 aromatic carbocycles. The van der Waals surface area contributed by atoms with Crippen LogP contribution in [0.2, 0.25) is 0 Å². The van der Waals surface area contributed by atoms with E-state index in [-0.39, 0.29) is 0 Å². The summed E-state index contributed by atoms with van der Waals surface area (Å²) in [5, 5.41) is 3.49. The first-order valence-electron chi connectivity index (χ1n) is 7.22. The van der Waals surface area contributed by atoms with Crippen LogP contribution in [-0.4, -0.2) is 41.0 Å². The average molecular weight is 246 g/mol. The van der Waals surface area contributed by atoms with E-state index in [1.807, 2.05) is 0 Å². The number of aryl methyl sites for hydroxylation is 1. The summed E-state index contributed by atoms with van der Waals surface area (Å²) in [6.45, 7) is 4.84. The number of nitrogens with zero attached hydrogens (tertiary/aromatic N) is 3. The van der Waals surface area contributed by atoms with Crippen LogP contribution in [0.25, 0.3) is 0 Å². The summed E-state index contributed by atoms with van der Waals surface area (Å²) in [6.07, 6.45) is 9.17. The average Bonchev–Trinajstić information content (AvgIpc) is 3.05. The maximum absolute atomic E-state index is 4.38. The van der Waals surface area contributed by atoms with E-state index in [0.29, 0.717) is 0 Å². The molecule has 0 saturated carbocycles. The van der Waals surface area contributed by atoms with Gasteiger partial charge < -0.3 is 10.2 Å². The van der Waals surface area contributed by atoms with Gasteiger partial charge in [-0.15, -0.1) is 0 Å². The summed E-state index contributed by atoms with van der Waals surface area (Å²) < 4.78 is 0. The third kappa shape index (κ3) is 2.64. The zero-order valence-electron chi connectivity index (χ0n) is 11.0. The molecule has 1 fully saturated rings. The van der Waals surface area contributed by atoms with Gasteiger partial charge >= 0.3 is 0 Å². The third-order valence-corrected chi connectivity index (χ3v) is 4.02. The van der Waals surface area contributed by atoms with E-state index < -0.39 is 0 Å². The molecule has 3 rings (SSSR count). The number of aromatic nitrogens is 2. The maximum atomic E-state index is 4.38. The van der Waals surface area contributed by atoms with Crippen molar-refractivity contribution in [3.8, 4) is 0 Å². The Morgan fingerprint density at radius 1 is 1.11 bits per heavy atom. The fourth-order valence-electron chi connectivity index (χ4n) is 3.03. The van der Waals surface area contributed by atoms with E-state index in [0.717, 1.165) is 25.2 Å². The van der Waals surface area contributed by atoms with Gasteiger partial charge in [-0.25, -0.2) is 9.97 Å². The molecule has 0 spiro atoms. The molecule has 1 saturated heterocycles. The number of rotatable bonds is 5. The Hall–Kier alpha value is -1.16. The van der Waals surface area contributed by atoms with Gasteiger partial charge in [0, 0.05) is 17.8 Å². The molecule has 0 bridgehead atoms. The van der Waals surface area contributed by atoms with Crippen molar-refractivity contribution >= 4 is 5.82 Å². The van der Waals surface area contributed by atoms with Gasteiger partial charge in [-0.2, -0.15) is 0 Å². The van der Waals surface area contributed by atoms with Crippen LogP contribution < -0.4 is 5.32 Å². The SMILES string of the molecule is c1nc2c(c(NCCCN3CCCC3)n1)CCC2. The first-order chi connectivity index (χ1) is 8.93. The predicted molar refractivity (Wildman–Crippen MR) is 72.8 cm³/mol. The smallest absolute Gasteiger partial charge is 0.132 e. The van der Waals surface area contributed by atoms with E-state index in [1.165, 1.54) is 56.6 Å². The number of anilines is 1. The van der Waals surface area contributed by atoms with Crippen molar-refractivity contribution in [1.29, 1.82) is 0 Å². The quantitative estimate of drug-likeness (QED) is 0.805. The van der Waals surface area contributed by atoms with Crippen molar-refractivity contribution in [3.05, 3.63) is 17.6 Å². The fourth-order valence-corrected chi connectivity index (χ4v) is 3.03. The Kier molecular flexibility index (Phi) is 3.74. The van der Waals surface area contributed by atoms with Crippen molar-refractivity contribution in [3.63, 3.8) is 0 Å². The lowest BCUT2D eigenvalue weighted by Crippen LogP contribution is -2.22. The van der Waals surface area contributed by atoms with Crippen LogP contribution in [0.4, 0.5) is 5.82 Å². The number of nitrogens with one attached hydrogen (secondary N) is 1. The number of hydrogen-bond acceptors (Lipinski definition) is 4. The normalized spacial score (nSPS) is 19.1. The molecule has 0 radical (unpaired) electrons. The van der Waals surface area contributed by atoms with E-state index in [4.69, 9.17) is 0 Å². The van der Waals surface area contributed by atoms with Gasteiger partial charge in [0.2, 0.25) is 0 Å². The second kappa shape index (κ2) is 5.65. The highest BCUT2D eigenvalue weighted by Crippen LogP contribution is 2.24. The van der Waals surface area contributed by atoms with Gasteiger partial charge in [0.05, 0.1) is 0 Å². The monoisotopic (exact) mass is 246 g/mol. The lowest BCUT2D eigenvalue weighted by Gasteiger charge is -2.15. The molecule has 0 atom stereocenters. The highest BCUT2D eigenvalue weighted by Gasteiger charge is 2.16. The van der Waals surface area contributed by atoms with E-state index in [9.17, 15) is 0 Å². The number of fused-ring (bicyclic) bond motifs is 1. The summed E-state index contributed by atoms with van der Waals surface area (Å²) in [5.41, 5.74) is 2.62. The fraction of sp³-hybridized carbons (Fsp3) is 0.714. The van der Waals surface area contributed by atoms with Gasteiger partial charge in [0.25, 0.3) is 0 Å². The van der Waals surface area contributed by atoms with Crippen molar-refractivity contribution in [2.24, 2.45) is 0 Å². The Labute approximate surface area is 109 Å². The summed E-state index contributed by atoms with van der Waals surface area (Å²) in [6, 6.07) is 0. The van der Waals surface area contributed by atoms with Gasteiger partial charge in [-0.3, -0.25) is 0 Å². The van der Waals surface area contributed by atoms with E-state index >= 15 is 0 Å². The summed E-state index contributed by atoms with van der Waals surface area (Å²) in [4.78, 5) is 11.3. The molecule has 4 heteroatoms. The lowest BCUT2D eigenvalue weighted by atomic mass is 10.2. The topological polar surface area (TPSA) is 41.1 Å².